The van der Waals surface area contributed by atoms with Gasteiger partial charge in [-0.1, -0.05) is 36.0 Å². The molecule has 0 saturated carbocycles. The lowest BCUT2D eigenvalue weighted by atomic mass is 10.2. The van der Waals surface area contributed by atoms with E-state index in [1.54, 1.807) is 47.9 Å². The van der Waals surface area contributed by atoms with Gasteiger partial charge in [-0.05, 0) is 59.0 Å². The summed E-state index contributed by atoms with van der Waals surface area (Å²) in [6, 6.07) is 22.1. The van der Waals surface area contributed by atoms with E-state index in [9.17, 15) is 9.59 Å². The van der Waals surface area contributed by atoms with Crippen LogP contribution in [0.1, 0.15) is 10.4 Å². The Morgan fingerprint density at radius 1 is 1.00 bits per heavy atom. The smallest absolute Gasteiger partial charge is 0.258 e. The Balaban J connectivity index is 1.58. The van der Waals surface area contributed by atoms with Crippen LogP contribution in [0.25, 0.3) is 11.4 Å². The molecule has 3 aromatic carbocycles. The minimum Gasteiger partial charge on any atom is -0.484 e. The molecule has 0 radical (unpaired) electrons. The van der Waals surface area contributed by atoms with Gasteiger partial charge in [0.25, 0.3) is 11.8 Å². The van der Waals surface area contributed by atoms with Crippen LogP contribution in [-0.2, 0) is 11.8 Å². The van der Waals surface area contributed by atoms with E-state index in [1.807, 2.05) is 48.5 Å². The van der Waals surface area contributed by atoms with Crippen LogP contribution in [0, 0.1) is 0 Å². The molecule has 1 heterocycles. The molecule has 0 aliphatic rings. The highest BCUT2D eigenvalue weighted by atomic mass is 32.2. The first kappa shape index (κ1) is 23.0. The molecule has 0 aliphatic heterocycles. The van der Waals surface area contributed by atoms with Crippen LogP contribution in [0.4, 0.5) is 5.69 Å². The Kier molecular flexibility index (Phi) is 6.88. The summed E-state index contributed by atoms with van der Waals surface area (Å²) in [7, 11) is 3.53. The number of hydrogen-bond donors (Lipinski definition) is 1. The number of aryl methyl sites for hydroxylation is 1. The molecule has 4 rings (SSSR count). The van der Waals surface area contributed by atoms with Crippen LogP contribution >= 0.6 is 11.8 Å². The molecule has 1 aromatic heterocycles. The van der Waals surface area contributed by atoms with Gasteiger partial charge < -0.3 is 15.4 Å². The quantitative estimate of drug-likeness (QED) is 0.417. The van der Waals surface area contributed by atoms with Crippen molar-refractivity contribution < 1.29 is 14.3 Å². The topological polar surface area (TPSA) is 116 Å². The van der Waals surface area contributed by atoms with Crippen LogP contribution < -0.4 is 15.4 Å². The summed E-state index contributed by atoms with van der Waals surface area (Å²) in [6.45, 7) is -0.219. The van der Waals surface area contributed by atoms with Gasteiger partial charge in [-0.25, -0.2) is 4.68 Å². The molecule has 0 unspecified atom stereocenters. The van der Waals surface area contributed by atoms with E-state index in [-0.39, 0.29) is 12.5 Å². The fourth-order valence-electron chi connectivity index (χ4n) is 3.29. The van der Waals surface area contributed by atoms with Crippen LogP contribution in [0.5, 0.6) is 5.75 Å². The summed E-state index contributed by atoms with van der Waals surface area (Å²) in [4.78, 5) is 27.6. The van der Waals surface area contributed by atoms with Crippen molar-refractivity contribution in [3.05, 3.63) is 78.4 Å². The summed E-state index contributed by atoms with van der Waals surface area (Å²) in [5.41, 5.74) is 7.24. The Bertz CT molecular complexity index is 1320. The summed E-state index contributed by atoms with van der Waals surface area (Å²) >= 11 is 1.53. The molecule has 10 heteroatoms. The Hall–Kier alpha value is -4.18. The van der Waals surface area contributed by atoms with Crippen LogP contribution in [0.3, 0.4) is 0 Å². The van der Waals surface area contributed by atoms with Gasteiger partial charge in [-0.3, -0.25) is 9.59 Å². The predicted octanol–water partition coefficient (Wildman–Crippen LogP) is 3.17. The average molecular weight is 475 g/mol. The number of tetrazole rings is 1. The number of amides is 2. The lowest BCUT2D eigenvalue weighted by Gasteiger charge is -2.21. The first-order valence-corrected chi connectivity index (χ1v) is 11.1. The van der Waals surface area contributed by atoms with Crippen molar-refractivity contribution in [3.8, 4) is 17.1 Å². The van der Waals surface area contributed by atoms with Crippen LogP contribution in [-0.4, -0.2) is 45.7 Å². The van der Waals surface area contributed by atoms with Crippen LogP contribution in [0.15, 0.2) is 82.6 Å². The molecule has 0 fully saturated rings. The third-order valence-electron chi connectivity index (χ3n) is 4.98. The van der Waals surface area contributed by atoms with Crippen molar-refractivity contribution in [2.24, 2.45) is 12.8 Å². The van der Waals surface area contributed by atoms with Gasteiger partial charge in [0.2, 0.25) is 0 Å². The average Bonchev–Trinajstić information content (AvgIpc) is 3.28. The van der Waals surface area contributed by atoms with Gasteiger partial charge in [0.1, 0.15) is 5.75 Å². The lowest BCUT2D eigenvalue weighted by Crippen LogP contribution is -2.26. The van der Waals surface area contributed by atoms with Gasteiger partial charge in [0.15, 0.2) is 12.4 Å². The fourth-order valence-corrected chi connectivity index (χ4v) is 4.40. The molecule has 2 amide bonds. The normalized spacial score (nSPS) is 10.6. The summed E-state index contributed by atoms with van der Waals surface area (Å²) in [6.07, 6.45) is 0. The van der Waals surface area contributed by atoms with E-state index in [0.717, 1.165) is 21.0 Å². The number of ether oxygens (including phenoxy) is 1. The zero-order chi connectivity index (χ0) is 24.1. The van der Waals surface area contributed by atoms with Crippen molar-refractivity contribution in [3.63, 3.8) is 0 Å². The van der Waals surface area contributed by atoms with Crippen molar-refractivity contribution in [2.45, 2.75) is 9.79 Å². The number of nitrogens with two attached hydrogens (primary N) is 1. The molecule has 0 bridgehead atoms. The largest absolute Gasteiger partial charge is 0.484 e. The number of carbonyl (C=O) groups is 2. The number of rotatable bonds is 8. The molecule has 9 nitrogen and oxygen atoms in total. The van der Waals surface area contributed by atoms with E-state index < -0.39 is 5.91 Å². The van der Waals surface area contributed by atoms with Gasteiger partial charge in [-0.2, -0.15) is 0 Å². The minimum absolute atomic E-state index is 0.180. The SMILES string of the molecule is CN(C(=O)c1ccc(OCC(N)=O)cc1)c1ccccc1Sc1ccccc1-c1nnnn1C. The maximum absolute atomic E-state index is 13.2. The van der Waals surface area contributed by atoms with E-state index in [0.29, 0.717) is 17.1 Å². The van der Waals surface area contributed by atoms with E-state index >= 15 is 0 Å². The predicted molar refractivity (Wildman–Crippen MR) is 129 cm³/mol. The second-order valence-corrected chi connectivity index (χ2v) is 8.42. The Morgan fingerprint density at radius 2 is 1.68 bits per heavy atom. The zero-order valence-electron chi connectivity index (χ0n) is 18.6. The summed E-state index contributed by atoms with van der Waals surface area (Å²) < 4.78 is 6.89. The monoisotopic (exact) mass is 474 g/mol. The maximum atomic E-state index is 13.2. The molecule has 0 atom stereocenters. The summed E-state index contributed by atoms with van der Waals surface area (Å²) in [5.74, 6) is 0.374. The number of hydrogen-bond acceptors (Lipinski definition) is 7. The molecular formula is C24H22N6O3S. The molecule has 0 saturated heterocycles. The minimum atomic E-state index is -0.564. The maximum Gasteiger partial charge on any atom is 0.258 e. The van der Waals surface area contributed by atoms with Gasteiger partial charge in [-0.15, -0.1) is 5.10 Å². The number of para-hydroxylation sites is 1. The third-order valence-corrected chi connectivity index (χ3v) is 6.12. The zero-order valence-corrected chi connectivity index (χ0v) is 19.4. The first-order chi connectivity index (χ1) is 16.4. The van der Waals surface area contributed by atoms with Gasteiger partial charge >= 0.3 is 0 Å². The van der Waals surface area contributed by atoms with Crippen molar-refractivity contribution in [2.75, 3.05) is 18.6 Å². The number of anilines is 1. The molecular weight excluding hydrogens is 452 g/mol. The number of aromatic nitrogens is 4. The highest BCUT2D eigenvalue weighted by Gasteiger charge is 2.19. The van der Waals surface area contributed by atoms with Crippen molar-refractivity contribution in [1.82, 2.24) is 20.2 Å². The van der Waals surface area contributed by atoms with Crippen molar-refractivity contribution in [1.29, 1.82) is 0 Å². The molecule has 4 aromatic rings. The fraction of sp³-hybridized carbons (Fsp3) is 0.125. The van der Waals surface area contributed by atoms with Gasteiger partial charge in [0.05, 0.1) is 5.69 Å². The van der Waals surface area contributed by atoms with E-state index in [1.165, 1.54) is 11.8 Å². The second-order valence-electron chi connectivity index (χ2n) is 7.34. The standard InChI is InChI=1S/C24H22N6O3S/c1-29(24(32)16-11-13-17(14-12-16)33-15-22(25)31)19-8-4-6-10-21(19)34-20-9-5-3-7-18(20)23-26-27-28-30(23)2/h3-14H,15H2,1-2H3,(H2,25,31). The Labute approximate surface area is 200 Å². The van der Waals surface area contributed by atoms with Crippen molar-refractivity contribution >= 4 is 29.3 Å². The molecule has 0 spiro atoms. The van der Waals surface area contributed by atoms with Crippen LogP contribution in [0.2, 0.25) is 0 Å². The third kappa shape index (κ3) is 5.07. The first-order valence-electron chi connectivity index (χ1n) is 10.3. The molecule has 172 valence electrons. The van der Waals surface area contributed by atoms with E-state index in [4.69, 9.17) is 10.5 Å². The number of primary amides is 1. The lowest BCUT2D eigenvalue weighted by molar-refractivity contribution is -0.119. The van der Waals surface area contributed by atoms with Gasteiger partial charge in [0, 0.05) is 35.0 Å². The molecule has 2 N–H and O–H groups in total. The molecule has 34 heavy (non-hydrogen) atoms. The number of benzene rings is 3. The highest BCUT2D eigenvalue weighted by Crippen LogP contribution is 2.39. The number of carbonyl (C=O) groups excluding carboxylic acids is 2. The second kappa shape index (κ2) is 10.2. The Morgan fingerprint density at radius 3 is 2.35 bits per heavy atom. The number of nitrogens with zero attached hydrogens (tertiary/aromatic N) is 5. The molecule has 0 aliphatic carbocycles. The highest BCUT2D eigenvalue weighted by molar-refractivity contribution is 7.99. The summed E-state index contributed by atoms with van der Waals surface area (Å²) in [5, 5.41) is 11.8. The van der Waals surface area contributed by atoms with E-state index in [2.05, 4.69) is 15.5 Å².